The van der Waals surface area contributed by atoms with Crippen molar-refractivity contribution < 1.29 is 31.1 Å². The summed E-state index contributed by atoms with van der Waals surface area (Å²) in [4.78, 5) is 15.4. The number of nitrogens with one attached hydrogen (secondary N) is 1. The number of carbonyl (C=O) groups excluding carboxylic acids is 1. The third-order valence-electron chi connectivity index (χ3n) is 3.79. The number of nitrogens with zero attached hydrogens (tertiary/aromatic N) is 2. The molecule has 4 nitrogen and oxygen atoms in total. The smallest absolute Gasteiger partial charge is 0.380 e. The van der Waals surface area contributed by atoms with Crippen molar-refractivity contribution in [3.8, 4) is 0 Å². The van der Waals surface area contributed by atoms with Gasteiger partial charge in [-0.05, 0) is 25.0 Å². The number of piperidine rings is 1. The zero-order valence-electron chi connectivity index (χ0n) is 12.6. The second-order valence-corrected chi connectivity index (χ2v) is 5.57. The van der Waals surface area contributed by atoms with Gasteiger partial charge in [0.15, 0.2) is 0 Å². The summed E-state index contributed by atoms with van der Waals surface area (Å²) >= 11 is 0. The molecule has 0 saturated carbocycles. The lowest BCUT2D eigenvalue weighted by Crippen LogP contribution is -2.55. The number of carbonyl (C=O) groups is 1. The molecule has 1 fully saturated rings. The molecule has 1 aliphatic heterocycles. The maximum absolute atomic E-state index is 12.9. The van der Waals surface area contributed by atoms with Gasteiger partial charge in [-0.15, -0.1) is 0 Å². The van der Waals surface area contributed by atoms with Crippen LogP contribution in [-0.4, -0.2) is 40.6 Å². The van der Waals surface area contributed by atoms with E-state index in [1.807, 2.05) is 0 Å². The van der Waals surface area contributed by atoms with Crippen LogP contribution in [0.15, 0.2) is 18.3 Å². The summed E-state index contributed by atoms with van der Waals surface area (Å²) < 4.78 is 76.7. The van der Waals surface area contributed by atoms with Gasteiger partial charge in [0.1, 0.15) is 11.7 Å². The molecular weight excluding hydrogens is 340 g/mol. The zero-order chi connectivity index (χ0) is 18.1. The summed E-state index contributed by atoms with van der Waals surface area (Å²) in [6, 6.07) is -0.357. The number of halogens is 6. The van der Waals surface area contributed by atoms with Gasteiger partial charge in [-0.2, -0.15) is 26.3 Å². The molecule has 1 saturated heterocycles. The summed E-state index contributed by atoms with van der Waals surface area (Å²) in [5.41, 5.74) is -1.00. The quantitative estimate of drug-likeness (QED) is 0.827. The molecule has 0 radical (unpaired) electrons. The van der Waals surface area contributed by atoms with Gasteiger partial charge in [0.25, 0.3) is 0 Å². The van der Waals surface area contributed by atoms with Gasteiger partial charge in [0, 0.05) is 31.4 Å². The first-order valence-electron chi connectivity index (χ1n) is 7.12. The normalized spacial score (nSPS) is 22.4. The van der Waals surface area contributed by atoms with Crippen LogP contribution in [0.5, 0.6) is 0 Å². The van der Waals surface area contributed by atoms with E-state index in [9.17, 15) is 31.1 Å². The SMILES string of the molecule is CC(=O)N1C[C@H](Nc2ccnc(C(F)(F)F)c2)CC[C@@H]1C(F)(F)F. The summed E-state index contributed by atoms with van der Waals surface area (Å²) in [5, 5.41) is 2.75. The number of rotatable bonds is 2. The van der Waals surface area contributed by atoms with Crippen molar-refractivity contribution in [1.29, 1.82) is 0 Å². The highest BCUT2D eigenvalue weighted by atomic mass is 19.4. The highest BCUT2D eigenvalue weighted by Crippen LogP contribution is 2.33. The van der Waals surface area contributed by atoms with Gasteiger partial charge in [-0.25, -0.2) is 0 Å². The number of anilines is 1. The van der Waals surface area contributed by atoms with Crippen molar-refractivity contribution in [1.82, 2.24) is 9.88 Å². The Morgan fingerprint density at radius 1 is 1.25 bits per heavy atom. The maximum atomic E-state index is 12.9. The molecule has 2 atom stereocenters. The summed E-state index contributed by atoms with van der Waals surface area (Å²) in [6.45, 7) is 0.804. The van der Waals surface area contributed by atoms with E-state index in [0.717, 1.165) is 19.2 Å². The molecule has 1 aromatic rings. The van der Waals surface area contributed by atoms with E-state index in [4.69, 9.17) is 0 Å². The zero-order valence-corrected chi connectivity index (χ0v) is 12.6. The van der Waals surface area contributed by atoms with Crippen molar-refractivity contribution in [2.45, 2.75) is 44.2 Å². The van der Waals surface area contributed by atoms with Crippen molar-refractivity contribution in [2.75, 3.05) is 11.9 Å². The van der Waals surface area contributed by atoms with Crippen molar-refractivity contribution in [3.63, 3.8) is 0 Å². The fourth-order valence-electron chi connectivity index (χ4n) is 2.69. The van der Waals surface area contributed by atoms with E-state index in [0.29, 0.717) is 4.90 Å². The van der Waals surface area contributed by atoms with Gasteiger partial charge in [-0.1, -0.05) is 0 Å². The lowest BCUT2D eigenvalue weighted by Gasteiger charge is -2.40. The van der Waals surface area contributed by atoms with Crippen LogP contribution in [0, 0.1) is 0 Å². The molecular formula is C14H15F6N3O. The van der Waals surface area contributed by atoms with Crippen LogP contribution in [0.3, 0.4) is 0 Å². The summed E-state index contributed by atoms with van der Waals surface area (Å²) in [6.07, 6.45) is -8.40. The van der Waals surface area contributed by atoms with Crippen molar-refractivity contribution in [2.24, 2.45) is 0 Å². The molecule has 1 aliphatic rings. The number of amides is 1. The Balaban J connectivity index is 2.11. The Labute approximate surface area is 133 Å². The number of aromatic nitrogens is 1. The molecule has 1 aromatic heterocycles. The van der Waals surface area contributed by atoms with E-state index in [2.05, 4.69) is 10.3 Å². The van der Waals surface area contributed by atoms with Gasteiger partial charge < -0.3 is 10.2 Å². The van der Waals surface area contributed by atoms with Crippen molar-refractivity contribution in [3.05, 3.63) is 24.0 Å². The average molecular weight is 355 g/mol. The van der Waals surface area contributed by atoms with E-state index < -0.39 is 36.0 Å². The molecule has 1 N–H and O–H groups in total. The van der Waals surface area contributed by atoms with E-state index >= 15 is 0 Å². The first-order valence-corrected chi connectivity index (χ1v) is 7.12. The molecule has 134 valence electrons. The third-order valence-corrected chi connectivity index (χ3v) is 3.79. The Bertz CT molecular complexity index is 601. The molecule has 0 aromatic carbocycles. The number of pyridine rings is 1. The number of likely N-dealkylation sites (tertiary alicyclic amines) is 1. The van der Waals surface area contributed by atoms with Crippen molar-refractivity contribution >= 4 is 11.6 Å². The Morgan fingerprint density at radius 2 is 1.92 bits per heavy atom. The van der Waals surface area contributed by atoms with Gasteiger partial charge in [0.05, 0.1) is 0 Å². The van der Waals surface area contributed by atoms with Crippen LogP contribution < -0.4 is 5.32 Å². The van der Waals surface area contributed by atoms with E-state index in [1.165, 1.54) is 6.07 Å². The first kappa shape index (κ1) is 18.3. The molecule has 1 amide bonds. The number of alkyl halides is 6. The Kier molecular flexibility index (Phi) is 4.95. The standard InChI is InChI=1S/C14H15F6N3O/c1-8(24)23-7-10(2-3-12(23)14(18,19)20)22-9-4-5-21-11(6-9)13(15,16)17/h4-6,10,12H,2-3,7H2,1H3,(H,21,22)/t10-,12-/m1/s1. The highest BCUT2D eigenvalue weighted by molar-refractivity contribution is 5.74. The average Bonchev–Trinajstić information content (AvgIpc) is 2.45. The van der Waals surface area contributed by atoms with Crippen LogP contribution in [-0.2, 0) is 11.0 Å². The van der Waals surface area contributed by atoms with E-state index in [-0.39, 0.29) is 25.1 Å². The molecule has 0 aliphatic carbocycles. The lowest BCUT2D eigenvalue weighted by molar-refractivity contribution is -0.195. The number of hydrogen-bond acceptors (Lipinski definition) is 3. The Morgan fingerprint density at radius 3 is 2.46 bits per heavy atom. The summed E-state index contributed by atoms with van der Waals surface area (Å²) in [5.74, 6) is -0.727. The molecule has 24 heavy (non-hydrogen) atoms. The molecule has 0 spiro atoms. The Hall–Kier alpha value is -2.00. The molecule has 0 bridgehead atoms. The second kappa shape index (κ2) is 6.48. The topological polar surface area (TPSA) is 45.2 Å². The maximum Gasteiger partial charge on any atom is 0.433 e. The monoisotopic (exact) mass is 355 g/mol. The predicted octanol–water partition coefficient (Wildman–Crippen LogP) is 3.45. The highest BCUT2D eigenvalue weighted by Gasteiger charge is 2.47. The minimum absolute atomic E-state index is 0.0810. The predicted molar refractivity (Wildman–Crippen MR) is 73.1 cm³/mol. The largest absolute Gasteiger partial charge is 0.433 e. The van der Waals surface area contributed by atoms with Crippen LogP contribution >= 0.6 is 0 Å². The van der Waals surface area contributed by atoms with Gasteiger partial charge in [-0.3, -0.25) is 9.78 Å². The minimum Gasteiger partial charge on any atom is -0.380 e. The van der Waals surface area contributed by atoms with Crippen LogP contribution in [0.4, 0.5) is 32.0 Å². The van der Waals surface area contributed by atoms with E-state index in [1.54, 1.807) is 0 Å². The number of hydrogen-bond donors (Lipinski definition) is 1. The lowest BCUT2D eigenvalue weighted by atomic mass is 9.97. The molecule has 0 unspecified atom stereocenters. The van der Waals surface area contributed by atoms with Crippen LogP contribution in [0.2, 0.25) is 0 Å². The van der Waals surface area contributed by atoms with Crippen LogP contribution in [0.25, 0.3) is 0 Å². The molecule has 10 heteroatoms. The fourth-order valence-corrected chi connectivity index (χ4v) is 2.69. The van der Waals surface area contributed by atoms with Gasteiger partial charge in [0.2, 0.25) is 5.91 Å². The first-order chi connectivity index (χ1) is 11.0. The fraction of sp³-hybridized carbons (Fsp3) is 0.571. The third kappa shape index (κ3) is 4.30. The van der Waals surface area contributed by atoms with Gasteiger partial charge >= 0.3 is 12.4 Å². The second-order valence-electron chi connectivity index (χ2n) is 5.57. The van der Waals surface area contributed by atoms with Crippen LogP contribution in [0.1, 0.15) is 25.5 Å². The molecule has 2 heterocycles. The summed E-state index contributed by atoms with van der Waals surface area (Å²) in [7, 11) is 0. The minimum atomic E-state index is -4.61. The molecule has 2 rings (SSSR count).